The normalized spacial score (nSPS) is 16.1. The molecule has 2 aromatic carbocycles. The van der Waals surface area contributed by atoms with Crippen LogP contribution < -0.4 is 4.74 Å². The van der Waals surface area contributed by atoms with E-state index < -0.39 is 5.97 Å². The van der Waals surface area contributed by atoms with Crippen LogP contribution in [0.3, 0.4) is 0 Å². The predicted octanol–water partition coefficient (Wildman–Crippen LogP) is 4.36. The summed E-state index contributed by atoms with van der Waals surface area (Å²) in [7, 11) is 0. The van der Waals surface area contributed by atoms with E-state index in [1.807, 2.05) is 18.2 Å². The summed E-state index contributed by atoms with van der Waals surface area (Å²) in [6, 6.07) is 13.5. The number of aromatic carboxylic acids is 1. The van der Waals surface area contributed by atoms with Gasteiger partial charge in [0.25, 0.3) is 0 Å². The Kier molecular flexibility index (Phi) is 4.34. The Balaban J connectivity index is 1.60. The van der Waals surface area contributed by atoms with E-state index in [0.29, 0.717) is 10.8 Å². The maximum absolute atomic E-state index is 11.1. The highest BCUT2D eigenvalue weighted by Crippen LogP contribution is 2.38. The van der Waals surface area contributed by atoms with E-state index in [1.165, 1.54) is 11.6 Å². The van der Waals surface area contributed by atoms with Crippen molar-refractivity contribution in [2.24, 2.45) is 0 Å². The molecule has 0 radical (unpaired) electrons. The lowest BCUT2D eigenvalue weighted by molar-refractivity contribution is 0.0697. The van der Waals surface area contributed by atoms with Gasteiger partial charge in [-0.1, -0.05) is 41.9 Å². The molecule has 0 aromatic heterocycles. The second kappa shape index (κ2) is 6.41. The standard InChI is InChI=1S/C18H17ClO3/c19-16-11-14(18(20)21)9-13-10-15(22-17(13)16)8-4-7-12-5-2-1-3-6-12/h1-3,5-6,9,11,15H,4,7-8,10H2,(H,20,21). The Morgan fingerprint density at radius 2 is 2.05 bits per heavy atom. The monoisotopic (exact) mass is 316 g/mol. The van der Waals surface area contributed by atoms with Crippen molar-refractivity contribution in [1.29, 1.82) is 0 Å². The van der Waals surface area contributed by atoms with Gasteiger partial charge in [0.05, 0.1) is 10.6 Å². The van der Waals surface area contributed by atoms with Crippen LogP contribution in [0.5, 0.6) is 5.75 Å². The molecule has 1 N–H and O–H groups in total. The van der Waals surface area contributed by atoms with Crippen molar-refractivity contribution in [3.05, 3.63) is 64.2 Å². The van der Waals surface area contributed by atoms with Crippen LogP contribution in [0.2, 0.25) is 5.02 Å². The molecule has 1 unspecified atom stereocenters. The molecule has 0 spiro atoms. The molecule has 3 nitrogen and oxygen atoms in total. The van der Waals surface area contributed by atoms with E-state index in [4.69, 9.17) is 21.4 Å². The Morgan fingerprint density at radius 1 is 1.27 bits per heavy atom. The smallest absolute Gasteiger partial charge is 0.335 e. The average molecular weight is 317 g/mol. The summed E-state index contributed by atoms with van der Waals surface area (Å²) in [4.78, 5) is 11.1. The fraction of sp³-hybridized carbons (Fsp3) is 0.278. The van der Waals surface area contributed by atoms with Gasteiger partial charge in [0, 0.05) is 12.0 Å². The Morgan fingerprint density at radius 3 is 2.77 bits per heavy atom. The molecule has 114 valence electrons. The summed E-state index contributed by atoms with van der Waals surface area (Å²) in [5.41, 5.74) is 2.44. The second-order valence-electron chi connectivity index (χ2n) is 5.57. The van der Waals surface area contributed by atoms with Crippen molar-refractivity contribution in [3.63, 3.8) is 0 Å². The van der Waals surface area contributed by atoms with Crippen LogP contribution in [0.1, 0.15) is 34.3 Å². The van der Waals surface area contributed by atoms with Gasteiger partial charge in [0.1, 0.15) is 11.9 Å². The van der Waals surface area contributed by atoms with E-state index in [-0.39, 0.29) is 11.7 Å². The molecule has 0 aliphatic carbocycles. The van der Waals surface area contributed by atoms with Gasteiger partial charge in [-0.3, -0.25) is 0 Å². The summed E-state index contributed by atoms with van der Waals surface area (Å²) in [6.07, 6.45) is 3.80. The average Bonchev–Trinajstić information content (AvgIpc) is 2.92. The lowest BCUT2D eigenvalue weighted by Crippen LogP contribution is -2.12. The van der Waals surface area contributed by atoms with Crippen LogP contribution in [-0.4, -0.2) is 17.2 Å². The van der Waals surface area contributed by atoms with Gasteiger partial charge in [0.15, 0.2) is 0 Å². The highest BCUT2D eigenvalue weighted by Gasteiger charge is 2.26. The second-order valence-corrected chi connectivity index (χ2v) is 5.98. The number of fused-ring (bicyclic) bond motifs is 1. The fourth-order valence-electron chi connectivity index (χ4n) is 2.85. The van der Waals surface area contributed by atoms with Crippen molar-refractivity contribution in [2.75, 3.05) is 0 Å². The van der Waals surface area contributed by atoms with Gasteiger partial charge in [-0.25, -0.2) is 4.79 Å². The zero-order chi connectivity index (χ0) is 15.5. The fourth-order valence-corrected chi connectivity index (χ4v) is 3.13. The third-order valence-electron chi connectivity index (χ3n) is 3.93. The number of carbonyl (C=O) groups is 1. The van der Waals surface area contributed by atoms with Gasteiger partial charge in [0.2, 0.25) is 0 Å². The molecule has 1 atom stereocenters. The molecule has 0 amide bonds. The molecular weight excluding hydrogens is 300 g/mol. The van der Waals surface area contributed by atoms with Gasteiger partial charge in [-0.2, -0.15) is 0 Å². The van der Waals surface area contributed by atoms with Crippen LogP contribution in [0.4, 0.5) is 0 Å². The van der Waals surface area contributed by atoms with E-state index >= 15 is 0 Å². The maximum Gasteiger partial charge on any atom is 0.335 e. The molecule has 1 aliphatic rings. The van der Waals surface area contributed by atoms with Crippen LogP contribution in [0, 0.1) is 0 Å². The summed E-state index contributed by atoms with van der Waals surface area (Å²) >= 11 is 6.13. The lowest BCUT2D eigenvalue weighted by Gasteiger charge is -2.11. The largest absolute Gasteiger partial charge is 0.488 e. The molecule has 3 rings (SSSR count). The number of carboxylic acids is 1. The summed E-state index contributed by atoms with van der Waals surface area (Å²) in [5.74, 6) is -0.311. The topological polar surface area (TPSA) is 46.5 Å². The first-order valence-electron chi connectivity index (χ1n) is 7.40. The molecule has 0 bridgehead atoms. The molecule has 0 saturated heterocycles. The lowest BCUT2D eigenvalue weighted by atomic mass is 10.0. The van der Waals surface area contributed by atoms with Gasteiger partial charge in [-0.15, -0.1) is 0 Å². The number of carboxylic acid groups (broad SMARTS) is 1. The summed E-state index contributed by atoms with van der Waals surface area (Å²) in [5, 5.41) is 9.46. The van der Waals surface area contributed by atoms with Gasteiger partial charge in [-0.05, 0) is 37.0 Å². The molecule has 1 heterocycles. The highest BCUT2D eigenvalue weighted by atomic mass is 35.5. The molecule has 0 fully saturated rings. The molecule has 22 heavy (non-hydrogen) atoms. The molecule has 4 heteroatoms. The predicted molar refractivity (Wildman–Crippen MR) is 85.9 cm³/mol. The minimum absolute atomic E-state index is 0.0836. The van der Waals surface area contributed by atoms with Crippen LogP contribution in [-0.2, 0) is 12.8 Å². The minimum atomic E-state index is -0.961. The van der Waals surface area contributed by atoms with E-state index in [1.54, 1.807) is 6.07 Å². The van der Waals surface area contributed by atoms with Gasteiger partial charge >= 0.3 is 5.97 Å². The first-order valence-corrected chi connectivity index (χ1v) is 7.77. The van der Waals surface area contributed by atoms with Crippen molar-refractivity contribution < 1.29 is 14.6 Å². The molecular formula is C18H17ClO3. The summed E-state index contributed by atoms with van der Waals surface area (Å²) < 4.78 is 5.89. The number of rotatable bonds is 5. The van der Waals surface area contributed by atoms with Crippen LogP contribution in [0.25, 0.3) is 0 Å². The number of benzene rings is 2. The van der Waals surface area contributed by atoms with Crippen molar-refractivity contribution in [1.82, 2.24) is 0 Å². The van der Waals surface area contributed by atoms with Gasteiger partial charge < -0.3 is 9.84 Å². The number of aryl methyl sites for hydroxylation is 1. The third kappa shape index (κ3) is 3.25. The first-order chi connectivity index (χ1) is 10.6. The Bertz CT molecular complexity index is 682. The van der Waals surface area contributed by atoms with Crippen molar-refractivity contribution >= 4 is 17.6 Å². The molecule has 0 saturated carbocycles. The summed E-state index contributed by atoms with van der Waals surface area (Å²) in [6.45, 7) is 0. The zero-order valence-corrected chi connectivity index (χ0v) is 12.8. The Labute approximate surface area is 134 Å². The SMILES string of the molecule is O=C(O)c1cc(Cl)c2c(c1)CC(CCCc1ccccc1)O2. The quantitative estimate of drug-likeness (QED) is 0.891. The zero-order valence-electron chi connectivity index (χ0n) is 12.1. The Hall–Kier alpha value is -2.00. The maximum atomic E-state index is 11.1. The molecule has 1 aliphatic heterocycles. The van der Waals surface area contributed by atoms with Crippen LogP contribution in [0.15, 0.2) is 42.5 Å². The molecule has 2 aromatic rings. The number of halogens is 1. The number of hydrogen-bond acceptors (Lipinski definition) is 2. The highest BCUT2D eigenvalue weighted by molar-refractivity contribution is 6.32. The van der Waals surface area contributed by atoms with Crippen molar-refractivity contribution in [2.45, 2.75) is 31.8 Å². The van der Waals surface area contributed by atoms with Crippen LogP contribution >= 0.6 is 11.6 Å². The number of hydrogen-bond donors (Lipinski definition) is 1. The van der Waals surface area contributed by atoms with E-state index in [2.05, 4.69) is 12.1 Å². The third-order valence-corrected chi connectivity index (χ3v) is 4.21. The van der Waals surface area contributed by atoms with E-state index in [9.17, 15) is 4.79 Å². The van der Waals surface area contributed by atoms with E-state index in [0.717, 1.165) is 31.2 Å². The number of ether oxygens (including phenoxy) is 1. The van der Waals surface area contributed by atoms with Crippen molar-refractivity contribution in [3.8, 4) is 5.75 Å². The first kappa shape index (κ1) is 14.9. The minimum Gasteiger partial charge on any atom is -0.488 e.